The van der Waals surface area contributed by atoms with Crippen LogP contribution in [0.25, 0.3) is 0 Å². The molecule has 1 aromatic rings. The monoisotopic (exact) mass is 295 g/mol. The lowest BCUT2D eigenvalue weighted by molar-refractivity contribution is -0.138. The number of hydrogen-bond acceptors (Lipinski definition) is 3. The van der Waals surface area contributed by atoms with Crippen LogP contribution in [0.3, 0.4) is 0 Å². The molecule has 1 rings (SSSR count). The molecule has 0 aliphatic heterocycles. The van der Waals surface area contributed by atoms with Gasteiger partial charge in [-0.1, -0.05) is 18.2 Å². The highest BCUT2D eigenvalue weighted by Crippen LogP contribution is 2.32. The van der Waals surface area contributed by atoms with Crippen molar-refractivity contribution in [3.63, 3.8) is 0 Å². The highest BCUT2D eigenvalue weighted by molar-refractivity contribution is 7.92. The van der Waals surface area contributed by atoms with Crippen molar-refractivity contribution in [1.82, 2.24) is 0 Å². The SMILES string of the molecule is C[C@@H](C(N)=O)S(=O)(=O)Cc1ccccc1C(F)(F)F. The summed E-state index contributed by atoms with van der Waals surface area (Å²) in [5, 5.41) is -1.53. The summed E-state index contributed by atoms with van der Waals surface area (Å²) in [4.78, 5) is 10.8. The summed E-state index contributed by atoms with van der Waals surface area (Å²) in [5.74, 6) is -1.98. The Labute approximate surface area is 108 Å². The van der Waals surface area contributed by atoms with E-state index in [0.29, 0.717) is 0 Å². The van der Waals surface area contributed by atoms with Crippen molar-refractivity contribution in [1.29, 1.82) is 0 Å². The van der Waals surface area contributed by atoms with Crippen LogP contribution in [0.1, 0.15) is 18.1 Å². The van der Waals surface area contributed by atoms with Crippen LogP contribution in [0.2, 0.25) is 0 Å². The van der Waals surface area contributed by atoms with Crippen molar-refractivity contribution in [3.8, 4) is 0 Å². The van der Waals surface area contributed by atoms with Gasteiger partial charge in [0.15, 0.2) is 9.84 Å². The van der Waals surface area contributed by atoms with Gasteiger partial charge in [0.1, 0.15) is 5.25 Å². The first-order chi connectivity index (χ1) is 8.55. The molecule has 0 fully saturated rings. The lowest BCUT2D eigenvalue weighted by atomic mass is 10.1. The Kier molecular flexibility index (Phi) is 4.24. The van der Waals surface area contributed by atoms with Gasteiger partial charge in [-0.15, -0.1) is 0 Å². The van der Waals surface area contributed by atoms with E-state index in [2.05, 4.69) is 0 Å². The van der Waals surface area contributed by atoms with E-state index in [9.17, 15) is 26.4 Å². The third-order valence-corrected chi connectivity index (χ3v) is 4.64. The molecule has 0 aromatic heterocycles. The maximum absolute atomic E-state index is 12.7. The van der Waals surface area contributed by atoms with Crippen molar-refractivity contribution in [3.05, 3.63) is 35.4 Å². The topological polar surface area (TPSA) is 77.2 Å². The number of carbonyl (C=O) groups is 1. The number of hydrogen-bond donors (Lipinski definition) is 1. The highest BCUT2D eigenvalue weighted by atomic mass is 32.2. The van der Waals surface area contributed by atoms with Crippen LogP contribution in [0.4, 0.5) is 13.2 Å². The average Bonchev–Trinajstić information content (AvgIpc) is 2.26. The third-order valence-electron chi connectivity index (χ3n) is 2.62. The Morgan fingerprint density at radius 2 is 1.84 bits per heavy atom. The van der Waals surface area contributed by atoms with E-state index in [-0.39, 0.29) is 0 Å². The smallest absolute Gasteiger partial charge is 0.369 e. The summed E-state index contributed by atoms with van der Waals surface area (Å²) in [6.07, 6.45) is -4.65. The standard InChI is InChI=1S/C11H12F3NO3S/c1-7(10(15)16)19(17,18)6-8-4-2-3-5-9(8)11(12,13)14/h2-5,7H,6H2,1H3,(H2,15,16)/t7-/m0/s1. The molecule has 1 aromatic carbocycles. The summed E-state index contributed by atoms with van der Waals surface area (Å²) in [5.41, 5.74) is 3.43. The van der Waals surface area contributed by atoms with Gasteiger partial charge in [0.2, 0.25) is 5.91 Å². The molecule has 0 radical (unpaired) electrons. The zero-order chi connectivity index (χ0) is 14.8. The minimum atomic E-state index is -4.65. The van der Waals surface area contributed by atoms with E-state index in [1.54, 1.807) is 0 Å². The number of carbonyl (C=O) groups excluding carboxylic acids is 1. The van der Waals surface area contributed by atoms with Crippen LogP contribution in [0, 0.1) is 0 Å². The van der Waals surface area contributed by atoms with Gasteiger partial charge in [-0.3, -0.25) is 4.79 Å². The first kappa shape index (κ1) is 15.5. The molecule has 0 saturated heterocycles. The number of amides is 1. The summed E-state index contributed by atoms with van der Waals surface area (Å²) in [7, 11) is -4.07. The van der Waals surface area contributed by atoms with Gasteiger partial charge >= 0.3 is 6.18 Å². The lowest BCUT2D eigenvalue weighted by Gasteiger charge is -2.14. The normalized spacial score (nSPS) is 14.1. The van der Waals surface area contributed by atoms with Gasteiger partial charge < -0.3 is 5.73 Å². The summed E-state index contributed by atoms with van der Waals surface area (Å²) >= 11 is 0. The molecule has 1 amide bonds. The number of benzene rings is 1. The highest BCUT2D eigenvalue weighted by Gasteiger charge is 2.35. The fourth-order valence-electron chi connectivity index (χ4n) is 1.44. The van der Waals surface area contributed by atoms with E-state index in [0.717, 1.165) is 25.1 Å². The van der Waals surface area contributed by atoms with Crippen molar-refractivity contribution >= 4 is 15.7 Å². The van der Waals surface area contributed by atoms with Gasteiger partial charge in [0.25, 0.3) is 0 Å². The Hall–Kier alpha value is -1.57. The summed E-state index contributed by atoms with van der Waals surface area (Å²) in [6.45, 7) is 1.05. The molecular formula is C11H12F3NO3S. The molecule has 2 N–H and O–H groups in total. The Bertz CT molecular complexity index is 581. The van der Waals surface area contributed by atoms with E-state index in [4.69, 9.17) is 5.73 Å². The van der Waals surface area contributed by atoms with Crippen LogP contribution >= 0.6 is 0 Å². The number of sulfone groups is 1. The van der Waals surface area contributed by atoms with Crippen molar-refractivity contribution in [2.75, 3.05) is 0 Å². The lowest BCUT2D eigenvalue weighted by Crippen LogP contribution is -2.34. The van der Waals surface area contributed by atoms with Gasteiger partial charge in [0, 0.05) is 0 Å². The molecule has 0 saturated carbocycles. The predicted molar refractivity (Wildman–Crippen MR) is 62.7 cm³/mol. The fourth-order valence-corrected chi connectivity index (χ4v) is 2.73. The molecule has 0 bridgehead atoms. The first-order valence-electron chi connectivity index (χ1n) is 5.21. The average molecular weight is 295 g/mol. The van der Waals surface area contributed by atoms with Crippen molar-refractivity contribution in [2.45, 2.75) is 24.1 Å². The molecule has 106 valence electrons. The molecular weight excluding hydrogens is 283 g/mol. The zero-order valence-electron chi connectivity index (χ0n) is 9.94. The second-order valence-electron chi connectivity index (χ2n) is 4.01. The van der Waals surface area contributed by atoms with Crippen molar-refractivity contribution in [2.24, 2.45) is 5.73 Å². The molecule has 4 nitrogen and oxygen atoms in total. The predicted octanol–water partition coefficient (Wildman–Crippen LogP) is 1.49. The second-order valence-corrected chi connectivity index (χ2v) is 6.33. The zero-order valence-corrected chi connectivity index (χ0v) is 10.8. The number of halogens is 3. The van der Waals surface area contributed by atoms with Gasteiger partial charge in [-0.2, -0.15) is 13.2 Å². The largest absolute Gasteiger partial charge is 0.416 e. The van der Waals surface area contributed by atoms with E-state index in [1.807, 2.05) is 0 Å². The fraction of sp³-hybridized carbons (Fsp3) is 0.364. The van der Waals surface area contributed by atoms with E-state index >= 15 is 0 Å². The molecule has 8 heteroatoms. The molecule has 0 spiro atoms. The molecule has 0 heterocycles. The number of nitrogens with two attached hydrogens (primary N) is 1. The minimum Gasteiger partial charge on any atom is -0.369 e. The molecule has 19 heavy (non-hydrogen) atoms. The first-order valence-corrected chi connectivity index (χ1v) is 6.93. The van der Waals surface area contributed by atoms with Crippen LogP contribution in [-0.4, -0.2) is 19.6 Å². The molecule has 1 atom stereocenters. The van der Waals surface area contributed by atoms with Crippen LogP contribution in [0.15, 0.2) is 24.3 Å². The molecule has 0 aliphatic carbocycles. The Balaban J connectivity index is 3.18. The van der Waals surface area contributed by atoms with E-state index in [1.165, 1.54) is 6.07 Å². The third kappa shape index (κ3) is 3.69. The Morgan fingerprint density at radius 3 is 2.32 bits per heavy atom. The summed E-state index contributed by atoms with van der Waals surface area (Å²) in [6, 6.07) is 4.32. The number of rotatable bonds is 4. The number of alkyl halides is 3. The molecule has 0 unspecified atom stereocenters. The van der Waals surface area contributed by atoms with E-state index < -0.39 is 44.1 Å². The van der Waals surface area contributed by atoms with Crippen LogP contribution < -0.4 is 5.73 Å². The van der Waals surface area contributed by atoms with Crippen LogP contribution in [0.5, 0.6) is 0 Å². The van der Waals surface area contributed by atoms with Gasteiger partial charge in [0.05, 0.1) is 11.3 Å². The number of primary amides is 1. The summed E-state index contributed by atoms with van der Waals surface area (Å²) < 4.78 is 61.6. The van der Waals surface area contributed by atoms with Crippen molar-refractivity contribution < 1.29 is 26.4 Å². The maximum Gasteiger partial charge on any atom is 0.416 e. The van der Waals surface area contributed by atoms with Crippen LogP contribution in [-0.2, 0) is 26.6 Å². The van der Waals surface area contributed by atoms with Gasteiger partial charge in [-0.25, -0.2) is 8.42 Å². The maximum atomic E-state index is 12.7. The molecule has 0 aliphatic rings. The quantitative estimate of drug-likeness (QED) is 0.914. The Morgan fingerprint density at radius 1 is 1.32 bits per heavy atom. The minimum absolute atomic E-state index is 0.400. The van der Waals surface area contributed by atoms with Gasteiger partial charge in [-0.05, 0) is 18.6 Å². The second kappa shape index (κ2) is 5.20.